The first-order valence-electron chi connectivity index (χ1n) is 6.20. The summed E-state index contributed by atoms with van der Waals surface area (Å²) < 4.78 is 4.98. The Morgan fingerprint density at radius 3 is 2.50 bits per heavy atom. The quantitative estimate of drug-likeness (QED) is 0.499. The number of amides is 2. The molecule has 0 aliphatic rings. The van der Waals surface area contributed by atoms with Crippen LogP contribution in [-0.4, -0.2) is 43.2 Å². The molecule has 0 heterocycles. The summed E-state index contributed by atoms with van der Waals surface area (Å²) in [6.45, 7) is 8.52. The maximum Gasteiger partial charge on any atom is 0.243 e. The van der Waals surface area contributed by atoms with Crippen LogP contribution < -0.4 is 16.4 Å². The molecule has 0 saturated carbocycles. The van der Waals surface area contributed by atoms with E-state index in [-0.39, 0.29) is 24.1 Å². The third-order valence-corrected chi connectivity index (χ3v) is 2.68. The molecule has 0 saturated heterocycles. The van der Waals surface area contributed by atoms with Crippen LogP contribution in [0.25, 0.3) is 0 Å². The van der Waals surface area contributed by atoms with Gasteiger partial charge < -0.3 is 21.1 Å². The Morgan fingerprint density at radius 1 is 1.39 bits per heavy atom. The van der Waals surface area contributed by atoms with Crippen LogP contribution in [0, 0.1) is 0 Å². The van der Waals surface area contributed by atoms with Gasteiger partial charge >= 0.3 is 0 Å². The van der Waals surface area contributed by atoms with Gasteiger partial charge in [0.2, 0.25) is 11.8 Å². The van der Waals surface area contributed by atoms with Crippen molar-refractivity contribution in [2.45, 2.75) is 45.7 Å². The standard InChI is InChI=1S/C12H25N3O3/c1-5-12(3,4)15-11(17)9(2)14-6-7-18-8-10(13)16/h9,14H,5-8H2,1-4H3,(H2,13,16)(H,15,17). The molecule has 1 atom stereocenters. The first-order chi connectivity index (χ1) is 8.28. The van der Waals surface area contributed by atoms with Crippen molar-refractivity contribution in [1.29, 1.82) is 0 Å². The van der Waals surface area contributed by atoms with Gasteiger partial charge in [-0.2, -0.15) is 0 Å². The summed E-state index contributed by atoms with van der Waals surface area (Å²) in [7, 11) is 0. The minimum atomic E-state index is -0.495. The van der Waals surface area contributed by atoms with E-state index in [1.54, 1.807) is 6.92 Å². The van der Waals surface area contributed by atoms with Crippen LogP contribution in [0.2, 0.25) is 0 Å². The van der Waals surface area contributed by atoms with Gasteiger partial charge in [-0.05, 0) is 27.2 Å². The number of hydrogen-bond acceptors (Lipinski definition) is 4. The van der Waals surface area contributed by atoms with Gasteiger partial charge in [0.05, 0.1) is 12.6 Å². The number of carbonyl (C=O) groups excluding carboxylic acids is 2. The Morgan fingerprint density at radius 2 is 2.00 bits per heavy atom. The topological polar surface area (TPSA) is 93.4 Å². The van der Waals surface area contributed by atoms with Crippen molar-refractivity contribution in [2.24, 2.45) is 5.73 Å². The monoisotopic (exact) mass is 259 g/mol. The minimum Gasteiger partial charge on any atom is -0.370 e. The Kier molecular flexibility index (Phi) is 7.54. The normalized spacial score (nSPS) is 13.1. The summed E-state index contributed by atoms with van der Waals surface area (Å²) in [6.07, 6.45) is 0.868. The fourth-order valence-corrected chi connectivity index (χ4v) is 1.14. The van der Waals surface area contributed by atoms with E-state index in [1.165, 1.54) is 0 Å². The summed E-state index contributed by atoms with van der Waals surface area (Å²) in [4.78, 5) is 22.2. The molecule has 6 heteroatoms. The van der Waals surface area contributed by atoms with Gasteiger partial charge in [-0.1, -0.05) is 6.92 Å². The van der Waals surface area contributed by atoms with Crippen LogP contribution in [0.3, 0.4) is 0 Å². The maximum absolute atomic E-state index is 11.8. The molecule has 0 rings (SSSR count). The molecular weight excluding hydrogens is 234 g/mol. The van der Waals surface area contributed by atoms with Crippen molar-refractivity contribution >= 4 is 11.8 Å². The predicted molar refractivity (Wildman–Crippen MR) is 70.0 cm³/mol. The second kappa shape index (κ2) is 8.05. The van der Waals surface area contributed by atoms with E-state index in [9.17, 15) is 9.59 Å². The molecule has 0 bridgehead atoms. The Labute approximate surface area is 109 Å². The zero-order valence-corrected chi connectivity index (χ0v) is 11.7. The van der Waals surface area contributed by atoms with Crippen molar-refractivity contribution < 1.29 is 14.3 Å². The molecule has 0 aliphatic carbocycles. The van der Waals surface area contributed by atoms with Crippen molar-refractivity contribution in [3.8, 4) is 0 Å². The molecule has 0 radical (unpaired) electrons. The molecule has 0 aliphatic heterocycles. The maximum atomic E-state index is 11.8. The van der Waals surface area contributed by atoms with E-state index < -0.39 is 5.91 Å². The van der Waals surface area contributed by atoms with E-state index in [0.717, 1.165) is 6.42 Å². The van der Waals surface area contributed by atoms with Crippen LogP contribution in [0.15, 0.2) is 0 Å². The van der Waals surface area contributed by atoms with Gasteiger partial charge in [-0.3, -0.25) is 9.59 Å². The van der Waals surface area contributed by atoms with Gasteiger partial charge in [0.25, 0.3) is 0 Å². The van der Waals surface area contributed by atoms with Crippen molar-refractivity contribution in [3.05, 3.63) is 0 Å². The van der Waals surface area contributed by atoms with Crippen LogP contribution in [0.4, 0.5) is 0 Å². The second-order valence-electron chi connectivity index (χ2n) is 4.92. The summed E-state index contributed by atoms with van der Waals surface area (Å²) in [5.41, 5.74) is 4.72. The van der Waals surface area contributed by atoms with Gasteiger partial charge in [0.15, 0.2) is 0 Å². The molecule has 0 aromatic rings. The van der Waals surface area contributed by atoms with Crippen LogP contribution in [0.1, 0.15) is 34.1 Å². The van der Waals surface area contributed by atoms with Crippen molar-refractivity contribution in [1.82, 2.24) is 10.6 Å². The van der Waals surface area contributed by atoms with E-state index >= 15 is 0 Å². The number of carbonyl (C=O) groups is 2. The number of nitrogens with two attached hydrogens (primary N) is 1. The lowest BCUT2D eigenvalue weighted by Crippen LogP contribution is -2.51. The van der Waals surface area contributed by atoms with Crippen LogP contribution >= 0.6 is 0 Å². The summed E-state index contributed by atoms with van der Waals surface area (Å²) in [6, 6.07) is -0.298. The van der Waals surface area contributed by atoms with E-state index in [4.69, 9.17) is 10.5 Å². The molecule has 0 fully saturated rings. The van der Waals surface area contributed by atoms with Crippen LogP contribution in [0.5, 0.6) is 0 Å². The lowest BCUT2D eigenvalue weighted by Gasteiger charge is -2.26. The summed E-state index contributed by atoms with van der Waals surface area (Å²) in [5.74, 6) is -0.540. The van der Waals surface area contributed by atoms with Crippen LogP contribution in [-0.2, 0) is 14.3 Å². The Bertz CT molecular complexity index is 280. The molecule has 2 amide bonds. The predicted octanol–water partition coefficient (Wildman–Crippen LogP) is -0.229. The number of hydrogen-bond donors (Lipinski definition) is 3. The van der Waals surface area contributed by atoms with Gasteiger partial charge in [0.1, 0.15) is 6.61 Å². The SMILES string of the molecule is CCC(C)(C)NC(=O)C(C)NCCOCC(N)=O. The average Bonchev–Trinajstić information content (AvgIpc) is 2.27. The fraction of sp³-hybridized carbons (Fsp3) is 0.833. The molecule has 0 spiro atoms. The van der Waals surface area contributed by atoms with Crippen molar-refractivity contribution in [2.75, 3.05) is 19.8 Å². The number of ether oxygens (including phenoxy) is 1. The van der Waals surface area contributed by atoms with E-state index in [2.05, 4.69) is 10.6 Å². The average molecular weight is 259 g/mol. The molecule has 6 nitrogen and oxygen atoms in total. The molecule has 0 aromatic carbocycles. The summed E-state index contributed by atoms with van der Waals surface area (Å²) >= 11 is 0. The highest BCUT2D eigenvalue weighted by molar-refractivity contribution is 5.81. The highest BCUT2D eigenvalue weighted by Gasteiger charge is 2.21. The second-order valence-corrected chi connectivity index (χ2v) is 4.92. The molecule has 106 valence electrons. The van der Waals surface area contributed by atoms with E-state index in [0.29, 0.717) is 13.2 Å². The number of nitrogens with one attached hydrogen (secondary N) is 2. The smallest absolute Gasteiger partial charge is 0.243 e. The third kappa shape index (κ3) is 8.03. The Hall–Kier alpha value is -1.14. The lowest BCUT2D eigenvalue weighted by molar-refractivity contribution is -0.125. The highest BCUT2D eigenvalue weighted by Crippen LogP contribution is 2.06. The lowest BCUT2D eigenvalue weighted by atomic mass is 10.0. The first kappa shape index (κ1) is 16.9. The summed E-state index contributed by atoms with van der Waals surface area (Å²) in [5, 5.41) is 5.96. The molecule has 0 aromatic heterocycles. The first-order valence-corrected chi connectivity index (χ1v) is 6.20. The van der Waals surface area contributed by atoms with Gasteiger partial charge in [-0.15, -0.1) is 0 Å². The molecule has 4 N–H and O–H groups in total. The molecule has 18 heavy (non-hydrogen) atoms. The van der Waals surface area contributed by atoms with E-state index in [1.807, 2.05) is 20.8 Å². The minimum absolute atomic E-state index is 0.0447. The zero-order valence-electron chi connectivity index (χ0n) is 11.7. The van der Waals surface area contributed by atoms with Gasteiger partial charge in [0, 0.05) is 12.1 Å². The fourth-order valence-electron chi connectivity index (χ4n) is 1.14. The Balaban J connectivity index is 3.78. The highest BCUT2D eigenvalue weighted by atomic mass is 16.5. The third-order valence-electron chi connectivity index (χ3n) is 2.68. The number of primary amides is 1. The van der Waals surface area contributed by atoms with Gasteiger partial charge in [-0.25, -0.2) is 0 Å². The number of rotatable bonds is 9. The molecule has 1 unspecified atom stereocenters. The largest absolute Gasteiger partial charge is 0.370 e. The zero-order chi connectivity index (χ0) is 14.2. The molecular formula is C12H25N3O3. The van der Waals surface area contributed by atoms with Crippen molar-refractivity contribution in [3.63, 3.8) is 0 Å².